The quantitative estimate of drug-likeness (QED) is 0.849. The fraction of sp³-hybridized carbons (Fsp3) is 0.444. The Hall–Kier alpha value is -2.70. The Morgan fingerprint density at radius 1 is 1.12 bits per heavy atom. The molecule has 0 bridgehead atoms. The molecule has 0 atom stereocenters. The van der Waals surface area contributed by atoms with Crippen LogP contribution < -0.4 is 0 Å². The molecule has 1 saturated heterocycles. The third-order valence-electron chi connectivity index (χ3n) is 4.65. The van der Waals surface area contributed by atoms with E-state index in [0.29, 0.717) is 18.7 Å². The molecule has 0 spiro atoms. The molecule has 3 rings (SSSR count). The van der Waals surface area contributed by atoms with Crippen LogP contribution in [0.15, 0.2) is 36.9 Å². The number of piperazine rings is 1. The average molecular weight is 341 g/mol. The lowest BCUT2D eigenvalue weighted by Crippen LogP contribution is -2.64. The monoisotopic (exact) mass is 341 g/mol. The molecular formula is C18H23N5O2. The maximum Gasteiger partial charge on any atom is 0.254 e. The molecule has 1 fully saturated rings. The van der Waals surface area contributed by atoms with Crippen molar-refractivity contribution in [3.05, 3.63) is 42.5 Å². The van der Waals surface area contributed by atoms with E-state index in [-0.39, 0.29) is 11.8 Å². The second-order valence-corrected chi connectivity index (χ2v) is 6.72. The van der Waals surface area contributed by atoms with Crippen molar-refractivity contribution in [2.24, 2.45) is 0 Å². The Balaban J connectivity index is 1.79. The molecule has 0 saturated carbocycles. The third-order valence-corrected chi connectivity index (χ3v) is 4.65. The summed E-state index contributed by atoms with van der Waals surface area (Å²) in [7, 11) is 0. The third kappa shape index (κ3) is 3.14. The van der Waals surface area contributed by atoms with Gasteiger partial charge in [0, 0.05) is 30.9 Å². The summed E-state index contributed by atoms with van der Waals surface area (Å²) in [5.74, 6) is -0.111. The van der Waals surface area contributed by atoms with Gasteiger partial charge in [-0.2, -0.15) is 0 Å². The number of carbonyl (C=O) groups excluding carboxylic acids is 2. The van der Waals surface area contributed by atoms with E-state index in [0.717, 1.165) is 18.7 Å². The molecule has 2 heterocycles. The predicted molar refractivity (Wildman–Crippen MR) is 93.3 cm³/mol. The second-order valence-electron chi connectivity index (χ2n) is 6.72. The number of hydrogen-bond donors (Lipinski definition) is 0. The molecule has 132 valence electrons. The summed E-state index contributed by atoms with van der Waals surface area (Å²) in [4.78, 5) is 29.2. The molecule has 2 aromatic rings. The first-order valence-electron chi connectivity index (χ1n) is 8.51. The molecule has 2 amide bonds. The Morgan fingerprint density at radius 2 is 1.76 bits per heavy atom. The van der Waals surface area contributed by atoms with Gasteiger partial charge in [0.05, 0.1) is 0 Å². The van der Waals surface area contributed by atoms with Gasteiger partial charge in [-0.15, -0.1) is 10.2 Å². The van der Waals surface area contributed by atoms with Gasteiger partial charge < -0.3 is 9.80 Å². The smallest absolute Gasteiger partial charge is 0.254 e. The summed E-state index contributed by atoms with van der Waals surface area (Å²) < 4.78 is 1.77. The first kappa shape index (κ1) is 17.1. The van der Waals surface area contributed by atoms with Gasteiger partial charge in [0.2, 0.25) is 5.91 Å². The standard InChI is InChI=1S/C18H23N5O2/c1-4-9-21-10-11-23(18(2,3)17(21)25)16(24)14-5-7-15(8-6-14)22-12-19-20-13-22/h5-8,12-13H,4,9-11H2,1-3H3. The van der Waals surface area contributed by atoms with E-state index in [9.17, 15) is 9.59 Å². The molecule has 1 aliphatic rings. The molecule has 1 aromatic heterocycles. The van der Waals surface area contributed by atoms with E-state index in [2.05, 4.69) is 17.1 Å². The van der Waals surface area contributed by atoms with Crippen LogP contribution in [0.2, 0.25) is 0 Å². The normalized spacial score (nSPS) is 17.0. The van der Waals surface area contributed by atoms with E-state index in [1.165, 1.54) is 0 Å². The number of nitrogens with zero attached hydrogens (tertiary/aromatic N) is 5. The highest BCUT2D eigenvalue weighted by Crippen LogP contribution is 2.25. The lowest BCUT2D eigenvalue weighted by Gasteiger charge is -2.46. The fourth-order valence-corrected chi connectivity index (χ4v) is 3.21. The Morgan fingerprint density at radius 3 is 2.36 bits per heavy atom. The molecule has 7 heteroatoms. The summed E-state index contributed by atoms with van der Waals surface area (Å²) in [5.41, 5.74) is 0.614. The van der Waals surface area contributed by atoms with Crippen molar-refractivity contribution < 1.29 is 9.59 Å². The van der Waals surface area contributed by atoms with Gasteiger partial charge in [0.1, 0.15) is 18.2 Å². The molecule has 25 heavy (non-hydrogen) atoms. The molecule has 0 aliphatic carbocycles. The SMILES string of the molecule is CCCN1CCN(C(=O)c2ccc(-n3cnnc3)cc2)C(C)(C)C1=O. The highest BCUT2D eigenvalue weighted by Gasteiger charge is 2.43. The van der Waals surface area contributed by atoms with E-state index in [1.807, 2.05) is 30.9 Å². The van der Waals surface area contributed by atoms with Crippen molar-refractivity contribution in [2.75, 3.05) is 19.6 Å². The molecule has 0 N–H and O–H groups in total. The minimum Gasteiger partial charge on any atom is -0.339 e. The van der Waals surface area contributed by atoms with Crippen LogP contribution in [0, 0.1) is 0 Å². The number of aromatic nitrogens is 3. The van der Waals surface area contributed by atoms with E-state index in [4.69, 9.17) is 0 Å². The van der Waals surface area contributed by atoms with Crippen molar-refractivity contribution in [2.45, 2.75) is 32.7 Å². The fourth-order valence-electron chi connectivity index (χ4n) is 3.21. The van der Waals surface area contributed by atoms with Crippen LogP contribution in [0.4, 0.5) is 0 Å². The summed E-state index contributed by atoms with van der Waals surface area (Å²) in [5, 5.41) is 7.55. The highest BCUT2D eigenvalue weighted by molar-refractivity contribution is 5.99. The van der Waals surface area contributed by atoms with Gasteiger partial charge in [-0.3, -0.25) is 14.2 Å². The molecular weight excluding hydrogens is 318 g/mol. The van der Waals surface area contributed by atoms with Gasteiger partial charge >= 0.3 is 0 Å². The van der Waals surface area contributed by atoms with Crippen molar-refractivity contribution in [1.82, 2.24) is 24.6 Å². The summed E-state index contributed by atoms with van der Waals surface area (Å²) in [6.07, 6.45) is 4.12. The van der Waals surface area contributed by atoms with Crippen LogP contribution in [0.5, 0.6) is 0 Å². The van der Waals surface area contributed by atoms with Crippen LogP contribution in [0.3, 0.4) is 0 Å². The van der Waals surface area contributed by atoms with E-state index < -0.39 is 5.54 Å². The number of benzene rings is 1. The maximum atomic E-state index is 12.9. The van der Waals surface area contributed by atoms with Crippen LogP contribution >= 0.6 is 0 Å². The predicted octanol–water partition coefficient (Wildman–Crippen LogP) is 1.74. The minimum absolute atomic E-state index is 0.00931. The largest absolute Gasteiger partial charge is 0.339 e. The molecule has 1 aromatic carbocycles. The lowest BCUT2D eigenvalue weighted by molar-refractivity contribution is -0.146. The van der Waals surface area contributed by atoms with Crippen molar-refractivity contribution in [3.8, 4) is 5.69 Å². The van der Waals surface area contributed by atoms with E-state index in [1.54, 1.807) is 34.3 Å². The summed E-state index contributed by atoms with van der Waals surface area (Å²) >= 11 is 0. The number of hydrogen-bond acceptors (Lipinski definition) is 4. The van der Waals surface area contributed by atoms with Gasteiger partial charge in [-0.1, -0.05) is 6.92 Å². The number of amides is 2. The Kier molecular flexibility index (Phi) is 4.57. The maximum absolute atomic E-state index is 12.9. The second kappa shape index (κ2) is 6.66. The first-order chi connectivity index (χ1) is 11.9. The Labute approximate surface area is 147 Å². The van der Waals surface area contributed by atoms with Gasteiger partial charge in [0.15, 0.2) is 0 Å². The van der Waals surface area contributed by atoms with Crippen molar-refractivity contribution in [3.63, 3.8) is 0 Å². The topological polar surface area (TPSA) is 71.3 Å². The Bertz CT molecular complexity index is 752. The minimum atomic E-state index is -0.836. The summed E-state index contributed by atoms with van der Waals surface area (Å²) in [6.45, 7) is 7.56. The van der Waals surface area contributed by atoms with Gasteiger partial charge in [0.25, 0.3) is 5.91 Å². The van der Waals surface area contributed by atoms with Crippen LogP contribution in [-0.4, -0.2) is 61.6 Å². The van der Waals surface area contributed by atoms with E-state index >= 15 is 0 Å². The van der Waals surface area contributed by atoms with Crippen LogP contribution in [0.1, 0.15) is 37.6 Å². The van der Waals surface area contributed by atoms with Gasteiger partial charge in [-0.25, -0.2) is 0 Å². The number of rotatable bonds is 4. The highest BCUT2D eigenvalue weighted by atomic mass is 16.2. The van der Waals surface area contributed by atoms with Crippen molar-refractivity contribution >= 4 is 11.8 Å². The van der Waals surface area contributed by atoms with Crippen molar-refractivity contribution in [1.29, 1.82) is 0 Å². The zero-order valence-corrected chi connectivity index (χ0v) is 14.8. The van der Waals surface area contributed by atoms with Crippen LogP contribution in [-0.2, 0) is 4.79 Å². The van der Waals surface area contributed by atoms with Crippen LogP contribution in [0.25, 0.3) is 5.69 Å². The number of carbonyl (C=O) groups is 2. The molecule has 0 radical (unpaired) electrons. The molecule has 7 nitrogen and oxygen atoms in total. The zero-order chi connectivity index (χ0) is 18.0. The zero-order valence-electron chi connectivity index (χ0n) is 14.8. The molecule has 1 aliphatic heterocycles. The first-order valence-corrected chi connectivity index (χ1v) is 8.51. The molecule has 0 unspecified atom stereocenters. The van der Waals surface area contributed by atoms with Gasteiger partial charge in [-0.05, 0) is 44.5 Å². The summed E-state index contributed by atoms with van der Waals surface area (Å²) in [6, 6.07) is 7.24. The lowest BCUT2D eigenvalue weighted by atomic mass is 9.96. The average Bonchev–Trinajstić information content (AvgIpc) is 3.13.